The number of rotatable bonds is 6. The summed E-state index contributed by atoms with van der Waals surface area (Å²) in [6.07, 6.45) is 2.44. The van der Waals surface area contributed by atoms with Crippen LogP contribution in [0.3, 0.4) is 0 Å². The van der Waals surface area contributed by atoms with Crippen molar-refractivity contribution in [3.63, 3.8) is 0 Å². The fraction of sp³-hybridized carbons (Fsp3) is 0.0909. The van der Waals surface area contributed by atoms with Crippen molar-refractivity contribution < 1.29 is 18.7 Å². The second kappa shape index (κ2) is 9.89. The predicted molar refractivity (Wildman–Crippen MR) is 120 cm³/mol. The van der Waals surface area contributed by atoms with Crippen molar-refractivity contribution in [3.8, 4) is 11.1 Å². The Balaban J connectivity index is 1.90. The summed E-state index contributed by atoms with van der Waals surface area (Å²) in [6, 6.07) is 11.2. The third-order valence-corrected chi connectivity index (χ3v) is 5.54. The highest BCUT2D eigenvalue weighted by Crippen LogP contribution is 2.36. The fourth-order valence-electron chi connectivity index (χ4n) is 2.68. The van der Waals surface area contributed by atoms with E-state index in [1.54, 1.807) is 36.6 Å². The van der Waals surface area contributed by atoms with E-state index < -0.39 is 17.7 Å². The van der Waals surface area contributed by atoms with E-state index in [9.17, 15) is 14.0 Å². The van der Waals surface area contributed by atoms with Gasteiger partial charge in [0.2, 0.25) is 5.91 Å². The Morgan fingerprint density at radius 3 is 2.57 bits per heavy atom. The summed E-state index contributed by atoms with van der Waals surface area (Å²) in [5, 5.41) is 5.49. The molecule has 0 bridgehead atoms. The van der Waals surface area contributed by atoms with Crippen LogP contribution in [0.25, 0.3) is 17.2 Å². The Morgan fingerprint density at radius 1 is 1.17 bits per heavy atom. The quantitative estimate of drug-likeness (QED) is 0.327. The Hall–Kier alpha value is -2.67. The highest BCUT2D eigenvalue weighted by atomic mass is 35.5. The number of esters is 1. The van der Waals surface area contributed by atoms with Crippen molar-refractivity contribution in [2.75, 3.05) is 11.9 Å². The molecular formula is C22H16Cl2FNO3S. The third-order valence-electron chi connectivity index (χ3n) is 4.06. The molecule has 30 heavy (non-hydrogen) atoms. The molecule has 0 saturated heterocycles. The number of carbonyl (C=O) groups is 2. The predicted octanol–water partition coefficient (Wildman–Crippen LogP) is 6.69. The molecule has 3 aromatic rings. The number of hydrogen-bond donors (Lipinski definition) is 1. The van der Waals surface area contributed by atoms with Gasteiger partial charge in [-0.25, -0.2) is 9.18 Å². The standard InChI is InChI=1S/C22H16Cl2FNO3S/c1-2-29-22(28)20-16(13-6-8-14(23)9-7-13)12-30-21(20)26-19(27)11-10-15-17(24)4-3-5-18(15)25/h3-12H,2H2,1H3,(H,26,27). The van der Waals surface area contributed by atoms with Crippen LogP contribution in [-0.4, -0.2) is 18.5 Å². The van der Waals surface area contributed by atoms with Gasteiger partial charge in [0.25, 0.3) is 0 Å². The van der Waals surface area contributed by atoms with Crippen molar-refractivity contribution in [2.24, 2.45) is 0 Å². The Labute approximate surface area is 186 Å². The molecule has 8 heteroatoms. The molecule has 0 radical (unpaired) electrons. The smallest absolute Gasteiger partial charge is 0.341 e. The Morgan fingerprint density at radius 2 is 1.90 bits per heavy atom. The number of carbonyl (C=O) groups excluding carboxylic acids is 2. The second-order valence-corrected chi connectivity index (χ2v) is 7.76. The van der Waals surface area contributed by atoms with E-state index in [-0.39, 0.29) is 22.8 Å². The molecule has 154 valence electrons. The lowest BCUT2D eigenvalue weighted by atomic mass is 10.0. The maximum Gasteiger partial charge on any atom is 0.341 e. The van der Waals surface area contributed by atoms with Crippen LogP contribution in [0.2, 0.25) is 10.0 Å². The van der Waals surface area contributed by atoms with E-state index in [0.717, 1.165) is 11.6 Å². The first kappa shape index (κ1) is 22.0. The molecule has 1 amide bonds. The summed E-state index contributed by atoms with van der Waals surface area (Å²) in [7, 11) is 0. The van der Waals surface area contributed by atoms with E-state index in [2.05, 4.69) is 5.32 Å². The van der Waals surface area contributed by atoms with Crippen LogP contribution in [0.5, 0.6) is 0 Å². The zero-order valence-corrected chi connectivity index (χ0v) is 18.1. The number of halogens is 3. The summed E-state index contributed by atoms with van der Waals surface area (Å²) < 4.78 is 19.0. The van der Waals surface area contributed by atoms with E-state index >= 15 is 0 Å². The molecule has 4 nitrogen and oxygen atoms in total. The zero-order chi connectivity index (χ0) is 21.7. The number of nitrogens with one attached hydrogen (secondary N) is 1. The van der Waals surface area contributed by atoms with Crippen LogP contribution < -0.4 is 5.32 Å². The molecule has 2 aromatic carbocycles. The van der Waals surface area contributed by atoms with Gasteiger partial charge in [-0.15, -0.1) is 11.3 Å². The summed E-state index contributed by atoms with van der Waals surface area (Å²) in [4.78, 5) is 25.0. The molecule has 0 saturated carbocycles. The van der Waals surface area contributed by atoms with Gasteiger partial charge in [-0.3, -0.25) is 4.79 Å². The molecule has 0 unspecified atom stereocenters. The molecule has 1 aromatic heterocycles. The second-order valence-electron chi connectivity index (χ2n) is 6.04. The molecule has 3 rings (SSSR count). The summed E-state index contributed by atoms with van der Waals surface area (Å²) >= 11 is 13.1. The minimum Gasteiger partial charge on any atom is -0.462 e. The van der Waals surface area contributed by atoms with Crippen molar-refractivity contribution in [3.05, 3.63) is 80.9 Å². The molecule has 0 atom stereocenters. The van der Waals surface area contributed by atoms with Crippen molar-refractivity contribution in [1.82, 2.24) is 0 Å². The van der Waals surface area contributed by atoms with Gasteiger partial charge in [0.1, 0.15) is 16.4 Å². The number of ether oxygens (including phenoxy) is 1. The molecular weight excluding hydrogens is 448 g/mol. The molecule has 0 spiro atoms. The minimum atomic E-state index is -0.555. The SMILES string of the molecule is CCOC(=O)c1c(-c2ccc(Cl)cc2)csc1NC(=O)C=Cc1c(F)cccc1Cl. The normalized spacial score (nSPS) is 10.9. The van der Waals surface area contributed by atoms with E-state index in [4.69, 9.17) is 27.9 Å². The van der Waals surface area contributed by atoms with Crippen LogP contribution in [0.15, 0.2) is 53.9 Å². The zero-order valence-electron chi connectivity index (χ0n) is 15.7. The van der Waals surface area contributed by atoms with E-state index in [1.165, 1.54) is 35.6 Å². The van der Waals surface area contributed by atoms with Crippen LogP contribution >= 0.6 is 34.5 Å². The Kier molecular flexibility index (Phi) is 7.26. The van der Waals surface area contributed by atoms with Crippen molar-refractivity contribution >= 4 is 57.5 Å². The maximum absolute atomic E-state index is 13.9. The first-order valence-corrected chi connectivity index (χ1v) is 10.5. The van der Waals surface area contributed by atoms with E-state index in [0.29, 0.717) is 15.6 Å². The van der Waals surface area contributed by atoms with Crippen LogP contribution in [0.1, 0.15) is 22.8 Å². The first-order chi connectivity index (χ1) is 14.4. The molecule has 1 N–H and O–H groups in total. The van der Waals surface area contributed by atoms with Gasteiger partial charge >= 0.3 is 5.97 Å². The van der Waals surface area contributed by atoms with Gasteiger partial charge in [-0.05, 0) is 42.8 Å². The highest BCUT2D eigenvalue weighted by Gasteiger charge is 2.22. The lowest BCUT2D eigenvalue weighted by molar-refractivity contribution is -0.111. The molecule has 0 aliphatic heterocycles. The monoisotopic (exact) mass is 463 g/mol. The van der Waals surface area contributed by atoms with Crippen LogP contribution in [-0.2, 0) is 9.53 Å². The summed E-state index contributed by atoms with van der Waals surface area (Å²) in [5.74, 6) is -1.63. The topological polar surface area (TPSA) is 55.4 Å². The number of amides is 1. The van der Waals surface area contributed by atoms with Crippen molar-refractivity contribution in [2.45, 2.75) is 6.92 Å². The fourth-order valence-corrected chi connectivity index (χ4v) is 3.99. The highest BCUT2D eigenvalue weighted by molar-refractivity contribution is 7.15. The third kappa shape index (κ3) is 5.08. The molecule has 0 fully saturated rings. The van der Waals surface area contributed by atoms with Crippen LogP contribution in [0.4, 0.5) is 9.39 Å². The first-order valence-electron chi connectivity index (χ1n) is 8.88. The minimum absolute atomic E-state index is 0.105. The van der Waals surface area contributed by atoms with Gasteiger partial charge in [0.05, 0.1) is 11.6 Å². The molecule has 0 aliphatic rings. The van der Waals surface area contributed by atoms with Gasteiger partial charge in [0.15, 0.2) is 0 Å². The van der Waals surface area contributed by atoms with Gasteiger partial charge in [-0.2, -0.15) is 0 Å². The van der Waals surface area contributed by atoms with Crippen LogP contribution in [0, 0.1) is 5.82 Å². The molecule has 0 aliphatic carbocycles. The molecule has 1 heterocycles. The summed E-state index contributed by atoms with van der Waals surface area (Å²) in [5.41, 5.74) is 1.72. The van der Waals surface area contributed by atoms with E-state index in [1.807, 2.05) is 0 Å². The average molecular weight is 464 g/mol. The average Bonchev–Trinajstić information content (AvgIpc) is 3.12. The lowest BCUT2D eigenvalue weighted by Gasteiger charge is -2.08. The number of anilines is 1. The van der Waals surface area contributed by atoms with Gasteiger partial charge in [0, 0.05) is 27.6 Å². The lowest BCUT2D eigenvalue weighted by Crippen LogP contribution is -2.12. The largest absolute Gasteiger partial charge is 0.462 e. The maximum atomic E-state index is 13.9. The van der Waals surface area contributed by atoms with Gasteiger partial charge in [-0.1, -0.05) is 41.4 Å². The Bertz CT molecular complexity index is 1090. The number of hydrogen-bond acceptors (Lipinski definition) is 4. The van der Waals surface area contributed by atoms with Gasteiger partial charge < -0.3 is 10.1 Å². The summed E-state index contributed by atoms with van der Waals surface area (Å²) in [6.45, 7) is 1.89. The number of benzene rings is 2. The van der Waals surface area contributed by atoms with Crippen molar-refractivity contribution in [1.29, 1.82) is 0 Å². The number of thiophene rings is 1.